The minimum absolute atomic E-state index is 0.171. The molecule has 2 N–H and O–H groups in total. The van der Waals surface area contributed by atoms with Crippen molar-refractivity contribution in [2.24, 2.45) is 5.73 Å². The molecule has 0 aliphatic carbocycles. The zero-order valence-electron chi connectivity index (χ0n) is 9.11. The minimum atomic E-state index is 0.171. The fourth-order valence-corrected chi connectivity index (χ4v) is 2.89. The lowest BCUT2D eigenvalue weighted by Gasteiger charge is -2.29. The smallest absolute Gasteiger partial charge is 0.0820 e. The number of rotatable bonds is 4. The van der Waals surface area contributed by atoms with E-state index in [4.69, 9.17) is 10.5 Å². The molecule has 0 saturated heterocycles. The van der Waals surface area contributed by atoms with Crippen LogP contribution >= 0.6 is 11.3 Å². The molecular formula is C11H18N2OS. The van der Waals surface area contributed by atoms with Crippen LogP contribution in [-0.4, -0.2) is 37.7 Å². The maximum Gasteiger partial charge on any atom is 0.0820 e. The van der Waals surface area contributed by atoms with Crippen LogP contribution in [0.25, 0.3) is 0 Å². The van der Waals surface area contributed by atoms with Gasteiger partial charge in [0.2, 0.25) is 0 Å². The predicted octanol–water partition coefficient (Wildman–Crippen LogP) is 1.08. The highest BCUT2D eigenvalue weighted by atomic mass is 32.1. The Bertz CT molecular complexity index is 309. The molecule has 15 heavy (non-hydrogen) atoms. The van der Waals surface area contributed by atoms with Gasteiger partial charge in [-0.05, 0) is 23.4 Å². The third-order valence-corrected chi connectivity index (χ3v) is 3.97. The van der Waals surface area contributed by atoms with Gasteiger partial charge >= 0.3 is 0 Å². The van der Waals surface area contributed by atoms with Gasteiger partial charge in [-0.15, -0.1) is 11.3 Å². The van der Waals surface area contributed by atoms with E-state index in [1.807, 2.05) is 11.3 Å². The zero-order chi connectivity index (χ0) is 10.7. The number of nitrogens with two attached hydrogens (primary N) is 1. The predicted molar refractivity (Wildman–Crippen MR) is 63.2 cm³/mol. The second-order valence-corrected chi connectivity index (χ2v) is 4.95. The van der Waals surface area contributed by atoms with Crippen LogP contribution in [0.3, 0.4) is 0 Å². The van der Waals surface area contributed by atoms with Gasteiger partial charge in [-0.3, -0.25) is 4.90 Å². The fourth-order valence-electron chi connectivity index (χ4n) is 2.00. The molecule has 2 rings (SSSR count). The van der Waals surface area contributed by atoms with Crippen molar-refractivity contribution in [3.8, 4) is 0 Å². The molecule has 0 amide bonds. The summed E-state index contributed by atoms with van der Waals surface area (Å²) in [5.41, 5.74) is 7.11. The van der Waals surface area contributed by atoms with Crippen molar-refractivity contribution in [1.29, 1.82) is 0 Å². The summed E-state index contributed by atoms with van der Waals surface area (Å²) in [6.07, 6.45) is 1.35. The van der Waals surface area contributed by atoms with Gasteiger partial charge in [0.15, 0.2) is 0 Å². The van der Waals surface area contributed by atoms with E-state index >= 15 is 0 Å². The SMILES string of the molecule is COC(CN)CN1CCc2sccc2C1. The van der Waals surface area contributed by atoms with Gasteiger partial charge in [0.1, 0.15) is 0 Å². The number of fused-ring (bicyclic) bond motifs is 1. The Morgan fingerprint density at radius 1 is 1.67 bits per heavy atom. The van der Waals surface area contributed by atoms with Crippen LogP contribution in [0.5, 0.6) is 0 Å². The summed E-state index contributed by atoms with van der Waals surface area (Å²) in [5.74, 6) is 0. The van der Waals surface area contributed by atoms with Crippen molar-refractivity contribution < 1.29 is 4.74 Å². The average Bonchev–Trinajstić information content (AvgIpc) is 2.73. The molecule has 3 nitrogen and oxygen atoms in total. The molecule has 0 bridgehead atoms. The largest absolute Gasteiger partial charge is 0.379 e. The number of ether oxygens (including phenoxy) is 1. The first-order valence-electron chi connectivity index (χ1n) is 5.34. The van der Waals surface area contributed by atoms with Crippen LogP contribution in [0.4, 0.5) is 0 Å². The van der Waals surface area contributed by atoms with E-state index in [0.29, 0.717) is 6.54 Å². The molecule has 0 saturated carbocycles. The lowest BCUT2D eigenvalue weighted by molar-refractivity contribution is 0.0656. The van der Waals surface area contributed by atoms with E-state index in [2.05, 4.69) is 16.3 Å². The van der Waals surface area contributed by atoms with Crippen molar-refractivity contribution in [2.75, 3.05) is 26.7 Å². The molecule has 1 unspecified atom stereocenters. The Hall–Kier alpha value is -0.420. The molecule has 4 heteroatoms. The van der Waals surface area contributed by atoms with Crippen LogP contribution in [0.2, 0.25) is 0 Å². The van der Waals surface area contributed by atoms with E-state index in [0.717, 1.165) is 19.6 Å². The quantitative estimate of drug-likeness (QED) is 0.835. The van der Waals surface area contributed by atoms with Crippen LogP contribution in [0.1, 0.15) is 10.4 Å². The van der Waals surface area contributed by atoms with Gasteiger partial charge in [0.25, 0.3) is 0 Å². The topological polar surface area (TPSA) is 38.5 Å². The van der Waals surface area contributed by atoms with E-state index in [1.165, 1.54) is 12.0 Å². The number of hydrogen-bond acceptors (Lipinski definition) is 4. The monoisotopic (exact) mass is 226 g/mol. The molecule has 84 valence electrons. The Balaban J connectivity index is 1.92. The Morgan fingerprint density at radius 3 is 3.27 bits per heavy atom. The first-order chi connectivity index (χ1) is 7.33. The second kappa shape index (κ2) is 5.07. The summed E-state index contributed by atoms with van der Waals surface area (Å²) >= 11 is 1.88. The third-order valence-electron chi connectivity index (χ3n) is 2.94. The minimum Gasteiger partial charge on any atom is -0.379 e. The molecule has 1 aliphatic heterocycles. The van der Waals surface area contributed by atoms with Crippen molar-refractivity contribution in [2.45, 2.75) is 19.1 Å². The van der Waals surface area contributed by atoms with Crippen molar-refractivity contribution in [3.05, 3.63) is 21.9 Å². The van der Waals surface area contributed by atoms with Crippen molar-refractivity contribution in [1.82, 2.24) is 4.90 Å². The van der Waals surface area contributed by atoms with Gasteiger partial charge in [0.05, 0.1) is 6.10 Å². The zero-order valence-corrected chi connectivity index (χ0v) is 9.93. The number of nitrogens with zero attached hydrogens (tertiary/aromatic N) is 1. The molecule has 0 aromatic carbocycles. The molecule has 2 heterocycles. The fraction of sp³-hybridized carbons (Fsp3) is 0.636. The normalized spacial score (nSPS) is 18.8. The third kappa shape index (κ3) is 2.58. The average molecular weight is 226 g/mol. The molecule has 1 aromatic heterocycles. The molecule has 1 atom stereocenters. The first kappa shape index (κ1) is 11.1. The van der Waals surface area contributed by atoms with Crippen molar-refractivity contribution >= 4 is 11.3 Å². The van der Waals surface area contributed by atoms with Crippen LogP contribution in [-0.2, 0) is 17.7 Å². The number of hydrogen-bond donors (Lipinski definition) is 1. The summed E-state index contributed by atoms with van der Waals surface area (Å²) in [7, 11) is 1.73. The summed E-state index contributed by atoms with van der Waals surface area (Å²) in [5, 5.41) is 2.19. The molecule has 0 fully saturated rings. The summed E-state index contributed by atoms with van der Waals surface area (Å²) in [6.45, 7) is 3.73. The maximum atomic E-state index is 5.63. The van der Waals surface area contributed by atoms with E-state index in [1.54, 1.807) is 12.0 Å². The van der Waals surface area contributed by atoms with Crippen LogP contribution in [0.15, 0.2) is 11.4 Å². The summed E-state index contributed by atoms with van der Waals surface area (Å²) in [6, 6.07) is 2.23. The van der Waals surface area contributed by atoms with E-state index in [9.17, 15) is 0 Å². The lowest BCUT2D eigenvalue weighted by atomic mass is 10.1. The maximum absolute atomic E-state index is 5.63. The highest BCUT2D eigenvalue weighted by Crippen LogP contribution is 2.23. The second-order valence-electron chi connectivity index (χ2n) is 3.95. The first-order valence-corrected chi connectivity index (χ1v) is 6.22. The number of thiophene rings is 1. The van der Waals surface area contributed by atoms with E-state index in [-0.39, 0.29) is 6.10 Å². The summed E-state index contributed by atoms with van der Waals surface area (Å²) in [4.78, 5) is 3.98. The number of methoxy groups -OCH3 is 1. The standard InChI is InChI=1S/C11H18N2OS/c1-14-10(6-12)8-13-4-2-11-9(7-13)3-5-15-11/h3,5,10H,2,4,6-8,12H2,1H3. The van der Waals surface area contributed by atoms with Gasteiger partial charge in [-0.1, -0.05) is 0 Å². The molecule has 1 aromatic rings. The Morgan fingerprint density at radius 2 is 2.53 bits per heavy atom. The van der Waals surface area contributed by atoms with Gasteiger partial charge < -0.3 is 10.5 Å². The van der Waals surface area contributed by atoms with E-state index < -0.39 is 0 Å². The summed E-state index contributed by atoms with van der Waals surface area (Å²) < 4.78 is 5.31. The van der Waals surface area contributed by atoms with Crippen LogP contribution < -0.4 is 5.73 Å². The van der Waals surface area contributed by atoms with Gasteiger partial charge in [-0.2, -0.15) is 0 Å². The highest BCUT2D eigenvalue weighted by molar-refractivity contribution is 7.10. The highest BCUT2D eigenvalue weighted by Gasteiger charge is 2.19. The van der Waals surface area contributed by atoms with Gasteiger partial charge in [0, 0.05) is 38.2 Å². The van der Waals surface area contributed by atoms with Crippen molar-refractivity contribution in [3.63, 3.8) is 0 Å². The Labute approximate surface area is 94.8 Å². The van der Waals surface area contributed by atoms with Crippen LogP contribution in [0, 0.1) is 0 Å². The molecule has 1 aliphatic rings. The Kier molecular flexibility index (Phi) is 3.75. The molecule has 0 spiro atoms. The lowest BCUT2D eigenvalue weighted by Crippen LogP contribution is -2.40. The van der Waals surface area contributed by atoms with Gasteiger partial charge in [-0.25, -0.2) is 0 Å². The molecular weight excluding hydrogens is 208 g/mol. The molecule has 0 radical (unpaired) electrons.